The molecule has 0 aliphatic carbocycles. The highest BCUT2D eigenvalue weighted by molar-refractivity contribution is 5.43. The Morgan fingerprint density at radius 1 is 0.826 bits per heavy atom. The average Bonchev–Trinajstić information content (AvgIpc) is 2.61. The molecule has 0 aliphatic rings. The van der Waals surface area contributed by atoms with Crippen LogP contribution in [-0.2, 0) is 12.8 Å². The van der Waals surface area contributed by atoms with Crippen LogP contribution in [0.4, 0.5) is 0 Å². The van der Waals surface area contributed by atoms with E-state index >= 15 is 0 Å². The first kappa shape index (κ1) is 16.7. The zero-order chi connectivity index (χ0) is 16.7. The second-order valence-corrected chi connectivity index (χ2v) is 5.27. The van der Waals surface area contributed by atoms with Crippen molar-refractivity contribution in [2.45, 2.75) is 12.8 Å². The number of methoxy groups -OCH3 is 3. The van der Waals surface area contributed by atoms with Crippen molar-refractivity contribution in [1.82, 2.24) is 0 Å². The molecule has 0 unspecified atom stereocenters. The lowest BCUT2D eigenvalue weighted by Gasteiger charge is -2.12. The molecule has 0 heterocycles. The van der Waals surface area contributed by atoms with Crippen molar-refractivity contribution >= 4 is 0 Å². The van der Waals surface area contributed by atoms with Gasteiger partial charge < -0.3 is 14.2 Å². The molecule has 2 aromatic carbocycles. The lowest BCUT2D eigenvalue weighted by Crippen LogP contribution is -2.06. The first-order chi connectivity index (χ1) is 11.2. The molecule has 0 aromatic heterocycles. The smallest absolute Gasteiger partial charge is 0.160 e. The Morgan fingerprint density at radius 3 is 2.00 bits per heavy atom. The summed E-state index contributed by atoms with van der Waals surface area (Å²) in [4.78, 5) is 0. The van der Waals surface area contributed by atoms with Gasteiger partial charge in [0.05, 0.1) is 33.3 Å². The summed E-state index contributed by atoms with van der Waals surface area (Å²) in [5.41, 5.74) is 2.18. The van der Waals surface area contributed by atoms with Gasteiger partial charge in [0, 0.05) is 0 Å². The van der Waals surface area contributed by atoms with E-state index in [0.717, 1.165) is 16.9 Å². The van der Waals surface area contributed by atoms with E-state index in [1.165, 1.54) is 0 Å². The third kappa shape index (κ3) is 4.40. The van der Waals surface area contributed by atoms with Crippen LogP contribution >= 0.6 is 0 Å². The summed E-state index contributed by atoms with van der Waals surface area (Å²) in [6.07, 6.45) is 1.37. The summed E-state index contributed by atoms with van der Waals surface area (Å²) < 4.78 is 15.7. The van der Waals surface area contributed by atoms with Crippen LogP contribution in [0, 0.1) is 17.2 Å². The normalized spacial score (nSPS) is 11.4. The van der Waals surface area contributed by atoms with Crippen molar-refractivity contribution < 1.29 is 14.2 Å². The Hall–Kier alpha value is -2.67. The Morgan fingerprint density at radius 2 is 1.43 bits per heavy atom. The highest BCUT2D eigenvalue weighted by Gasteiger charge is 2.12. The largest absolute Gasteiger partial charge is 0.497 e. The van der Waals surface area contributed by atoms with Gasteiger partial charge in [0.25, 0.3) is 0 Å². The fourth-order valence-electron chi connectivity index (χ4n) is 2.50. The molecule has 4 heteroatoms. The predicted octanol–water partition coefficient (Wildman–Crippen LogP) is 3.64. The summed E-state index contributed by atoms with van der Waals surface area (Å²) in [7, 11) is 4.87. The molecule has 120 valence electrons. The third-order valence-corrected chi connectivity index (χ3v) is 3.75. The standard InChI is InChI=1S/C19H21NO3/c1-21-17-7-4-14(5-8-17)10-16(13-20)11-15-6-9-18(22-2)19(12-15)23-3/h4-9,12,16H,10-11H2,1-3H3/t16-/m1/s1. The molecule has 0 fully saturated rings. The molecule has 1 atom stereocenters. The first-order valence-corrected chi connectivity index (χ1v) is 7.43. The van der Waals surface area contributed by atoms with E-state index < -0.39 is 0 Å². The summed E-state index contributed by atoms with van der Waals surface area (Å²) in [5, 5.41) is 9.45. The van der Waals surface area contributed by atoms with E-state index in [-0.39, 0.29) is 5.92 Å². The molecule has 2 aromatic rings. The maximum atomic E-state index is 9.45. The predicted molar refractivity (Wildman–Crippen MR) is 89.1 cm³/mol. The molecular weight excluding hydrogens is 290 g/mol. The Labute approximate surface area is 137 Å². The van der Waals surface area contributed by atoms with Gasteiger partial charge in [0.15, 0.2) is 11.5 Å². The highest BCUT2D eigenvalue weighted by Crippen LogP contribution is 2.29. The van der Waals surface area contributed by atoms with Gasteiger partial charge in [-0.15, -0.1) is 0 Å². The molecule has 0 spiro atoms. The van der Waals surface area contributed by atoms with Crippen LogP contribution < -0.4 is 14.2 Å². The number of nitrogens with zero attached hydrogens (tertiary/aromatic N) is 1. The lowest BCUT2D eigenvalue weighted by atomic mass is 9.93. The number of rotatable bonds is 7. The Kier molecular flexibility index (Phi) is 5.87. The van der Waals surface area contributed by atoms with Gasteiger partial charge in [-0.2, -0.15) is 5.26 Å². The molecular formula is C19H21NO3. The van der Waals surface area contributed by atoms with Crippen molar-refractivity contribution in [3.63, 3.8) is 0 Å². The molecule has 0 saturated heterocycles. The second-order valence-electron chi connectivity index (χ2n) is 5.27. The molecule has 0 N–H and O–H groups in total. The van der Waals surface area contributed by atoms with Crippen LogP contribution in [-0.4, -0.2) is 21.3 Å². The van der Waals surface area contributed by atoms with E-state index in [1.54, 1.807) is 21.3 Å². The summed E-state index contributed by atoms with van der Waals surface area (Å²) in [6, 6.07) is 16.0. The SMILES string of the molecule is COc1ccc(C[C@@H](C#N)Cc2ccc(OC)c(OC)c2)cc1. The maximum absolute atomic E-state index is 9.45. The number of nitriles is 1. The van der Waals surface area contributed by atoms with Crippen molar-refractivity contribution in [2.24, 2.45) is 5.92 Å². The van der Waals surface area contributed by atoms with Crippen molar-refractivity contribution in [3.8, 4) is 23.3 Å². The van der Waals surface area contributed by atoms with Gasteiger partial charge in [-0.25, -0.2) is 0 Å². The third-order valence-electron chi connectivity index (χ3n) is 3.75. The lowest BCUT2D eigenvalue weighted by molar-refractivity contribution is 0.354. The zero-order valence-electron chi connectivity index (χ0n) is 13.7. The van der Waals surface area contributed by atoms with Gasteiger partial charge in [0.2, 0.25) is 0 Å². The molecule has 0 radical (unpaired) electrons. The van der Waals surface area contributed by atoms with Crippen LogP contribution in [0.5, 0.6) is 17.2 Å². The Balaban J connectivity index is 2.08. The zero-order valence-corrected chi connectivity index (χ0v) is 13.7. The van der Waals surface area contributed by atoms with Gasteiger partial charge in [-0.1, -0.05) is 18.2 Å². The van der Waals surface area contributed by atoms with Crippen molar-refractivity contribution in [2.75, 3.05) is 21.3 Å². The minimum Gasteiger partial charge on any atom is -0.497 e. The highest BCUT2D eigenvalue weighted by atomic mass is 16.5. The maximum Gasteiger partial charge on any atom is 0.160 e. The van der Waals surface area contributed by atoms with E-state index in [2.05, 4.69) is 6.07 Å². The fraction of sp³-hybridized carbons (Fsp3) is 0.316. The minimum atomic E-state index is -0.0958. The summed E-state index contributed by atoms with van der Waals surface area (Å²) in [6.45, 7) is 0. The molecule has 23 heavy (non-hydrogen) atoms. The van der Waals surface area contributed by atoms with Gasteiger partial charge in [-0.3, -0.25) is 0 Å². The van der Waals surface area contributed by atoms with E-state index in [4.69, 9.17) is 14.2 Å². The molecule has 0 saturated carbocycles. The minimum absolute atomic E-state index is 0.0958. The van der Waals surface area contributed by atoms with E-state index in [1.807, 2.05) is 42.5 Å². The average molecular weight is 311 g/mol. The van der Waals surface area contributed by atoms with Crippen LogP contribution in [0.1, 0.15) is 11.1 Å². The molecule has 0 amide bonds. The fourth-order valence-corrected chi connectivity index (χ4v) is 2.50. The molecule has 0 bridgehead atoms. The molecule has 2 rings (SSSR count). The van der Waals surface area contributed by atoms with E-state index in [0.29, 0.717) is 24.3 Å². The second kappa shape index (κ2) is 8.09. The van der Waals surface area contributed by atoms with Gasteiger partial charge >= 0.3 is 0 Å². The number of hydrogen-bond acceptors (Lipinski definition) is 4. The molecule has 4 nitrogen and oxygen atoms in total. The Bertz CT molecular complexity index is 674. The van der Waals surface area contributed by atoms with Crippen LogP contribution in [0.3, 0.4) is 0 Å². The summed E-state index contributed by atoms with van der Waals surface area (Å²) >= 11 is 0. The summed E-state index contributed by atoms with van der Waals surface area (Å²) in [5.74, 6) is 2.11. The quantitative estimate of drug-likeness (QED) is 0.783. The topological polar surface area (TPSA) is 51.5 Å². The van der Waals surface area contributed by atoms with Gasteiger partial charge in [0.1, 0.15) is 5.75 Å². The monoisotopic (exact) mass is 311 g/mol. The van der Waals surface area contributed by atoms with Crippen molar-refractivity contribution in [1.29, 1.82) is 5.26 Å². The number of ether oxygens (including phenoxy) is 3. The first-order valence-electron chi connectivity index (χ1n) is 7.43. The number of benzene rings is 2. The van der Waals surface area contributed by atoms with Crippen molar-refractivity contribution in [3.05, 3.63) is 53.6 Å². The van der Waals surface area contributed by atoms with E-state index in [9.17, 15) is 5.26 Å². The van der Waals surface area contributed by atoms with Crippen LogP contribution in [0.25, 0.3) is 0 Å². The van der Waals surface area contributed by atoms with Crippen LogP contribution in [0.15, 0.2) is 42.5 Å². The molecule has 0 aliphatic heterocycles. The number of hydrogen-bond donors (Lipinski definition) is 0. The van der Waals surface area contributed by atoms with Gasteiger partial charge in [-0.05, 0) is 48.2 Å². The van der Waals surface area contributed by atoms with Crippen LogP contribution in [0.2, 0.25) is 0 Å².